The van der Waals surface area contributed by atoms with E-state index >= 15 is 0 Å². The van der Waals surface area contributed by atoms with Gasteiger partial charge in [0.05, 0.1) is 16.8 Å². The maximum Gasteiger partial charge on any atom is 0.230 e. The molecule has 2 rings (SSSR count). The Morgan fingerprint density at radius 2 is 2.27 bits per heavy atom. The molecule has 0 spiro atoms. The highest BCUT2D eigenvalue weighted by molar-refractivity contribution is 8.00. The molecule has 1 heterocycles. The van der Waals surface area contributed by atoms with Crippen LogP contribution in [0, 0.1) is 18.3 Å². The summed E-state index contributed by atoms with van der Waals surface area (Å²) in [4.78, 5) is 16.5. The van der Waals surface area contributed by atoms with Gasteiger partial charge in [0.1, 0.15) is 11.1 Å². The maximum atomic E-state index is 11.9. The summed E-state index contributed by atoms with van der Waals surface area (Å²) in [7, 11) is 0. The van der Waals surface area contributed by atoms with Crippen LogP contribution in [0.15, 0.2) is 29.3 Å². The van der Waals surface area contributed by atoms with Gasteiger partial charge in [0.2, 0.25) is 5.91 Å². The molecule has 0 saturated carbocycles. The van der Waals surface area contributed by atoms with Crippen molar-refractivity contribution in [1.82, 2.24) is 10.3 Å². The molecule has 0 bridgehead atoms. The second kappa shape index (κ2) is 7.28. The minimum absolute atomic E-state index is 0.0325. The lowest BCUT2D eigenvalue weighted by Gasteiger charge is -2.11. The van der Waals surface area contributed by atoms with E-state index in [2.05, 4.69) is 16.4 Å². The zero-order valence-electron chi connectivity index (χ0n) is 13.0. The lowest BCUT2D eigenvalue weighted by atomic mass is 10.1. The number of rotatable bonds is 5. The molecule has 0 aliphatic heterocycles. The molecule has 0 aliphatic rings. The maximum absolute atomic E-state index is 11.9. The molecule has 22 heavy (non-hydrogen) atoms. The Balaban J connectivity index is 2.22. The topological polar surface area (TPSA) is 65.8 Å². The number of nitrogens with zero attached hydrogens (tertiary/aromatic N) is 2. The number of aryl methyl sites for hydroxylation is 1. The quantitative estimate of drug-likeness (QED) is 0.859. The summed E-state index contributed by atoms with van der Waals surface area (Å²) in [6.07, 6.45) is 0.896. The molecule has 0 fully saturated rings. The summed E-state index contributed by atoms with van der Waals surface area (Å²) < 4.78 is 0. The van der Waals surface area contributed by atoms with Crippen LogP contribution in [0.1, 0.15) is 31.4 Å². The largest absolute Gasteiger partial charge is 0.353 e. The van der Waals surface area contributed by atoms with Crippen LogP contribution < -0.4 is 5.32 Å². The van der Waals surface area contributed by atoms with Gasteiger partial charge in [-0.2, -0.15) is 5.26 Å². The molecule has 1 N–H and O–H groups in total. The van der Waals surface area contributed by atoms with Gasteiger partial charge in [-0.25, -0.2) is 4.98 Å². The van der Waals surface area contributed by atoms with Crippen molar-refractivity contribution in [2.75, 3.05) is 5.75 Å². The lowest BCUT2D eigenvalue weighted by molar-refractivity contribution is -0.119. The van der Waals surface area contributed by atoms with Crippen molar-refractivity contribution in [3.8, 4) is 6.07 Å². The standard InChI is InChI=1S/C17H19N3OS/c1-4-12(3)19-15(21)10-22-17-14(9-18)8-13-7-5-6-11(2)16(13)20-17/h5-8,12H,4,10H2,1-3H3,(H,19,21)/t12-/m1/s1. The molecule has 5 heteroatoms. The molecule has 0 aliphatic carbocycles. The van der Waals surface area contributed by atoms with Gasteiger partial charge < -0.3 is 5.32 Å². The van der Waals surface area contributed by atoms with Crippen LogP contribution >= 0.6 is 11.8 Å². The Labute approximate surface area is 134 Å². The average molecular weight is 313 g/mol. The van der Waals surface area contributed by atoms with Crippen LogP contribution in [0.5, 0.6) is 0 Å². The fraction of sp³-hybridized carbons (Fsp3) is 0.353. The van der Waals surface area contributed by atoms with Gasteiger partial charge in [0.25, 0.3) is 0 Å². The lowest BCUT2D eigenvalue weighted by Crippen LogP contribution is -2.33. The van der Waals surface area contributed by atoms with E-state index in [4.69, 9.17) is 0 Å². The number of amides is 1. The zero-order chi connectivity index (χ0) is 16.1. The highest BCUT2D eigenvalue weighted by atomic mass is 32.2. The van der Waals surface area contributed by atoms with E-state index in [0.717, 1.165) is 22.9 Å². The van der Waals surface area contributed by atoms with Crippen LogP contribution in [0.4, 0.5) is 0 Å². The zero-order valence-corrected chi connectivity index (χ0v) is 13.8. The number of thioether (sulfide) groups is 1. The monoisotopic (exact) mass is 313 g/mol. The summed E-state index contributed by atoms with van der Waals surface area (Å²) in [5.74, 6) is 0.235. The number of hydrogen-bond acceptors (Lipinski definition) is 4. The van der Waals surface area contributed by atoms with Gasteiger partial charge in [0.15, 0.2) is 0 Å². The molecule has 2 aromatic rings. The summed E-state index contributed by atoms with van der Waals surface area (Å²) in [5.41, 5.74) is 2.46. The van der Waals surface area contributed by atoms with Crippen molar-refractivity contribution in [1.29, 1.82) is 5.26 Å². The number of benzene rings is 1. The Kier molecular flexibility index (Phi) is 5.40. The van der Waals surface area contributed by atoms with Gasteiger partial charge in [-0.05, 0) is 31.9 Å². The van der Waals surface area contributed by atoms with E-state index in [9.17, 15) is 10.1 Å². The molecule has 0 saturated heterocycles. The number of carbonyl (C=O) groups excluding carboxylic acids is 1. The van der Waals surface area contributed by atoms with Gasteiger partial charge in [0, 0.05) is 11.4 Å². The highest BCUT2D eigenvalue weighted by Crippen LogP contribution is 2.26. The summed E-state index contributed by atoms with van der Waals surface area (Å²) >= 11 is 1.31. The second-order valence-corrected chi connectivity index (χ2v) is 6.23. The molecule has 0 radical (unpaired) electrons. The third-order valence-corrected chi connectivity index (χ3v) is 4.48. The first-order valence-electron chi connectivity index (χ1n) is 7.27. The highest BCUT2D eigenvalue weighted by Gasteiger charge is 2.12. The van der Waals surface area contributed by atoms with E-state index in [-0.39, 0.29) is 17.7 Å². The third-order valence-electron chi connectivity index (χ3n) is 3.49. The third kappa shape index (κ3) is 3.77. The van der Waals surface area contributed by atoms with Crippen molar-refractivity contribution < 1.29 is 4.79 Å². The minimum atomic E-state index is -0.0325. The fourth-order valence-corrected chi connectivity index (χ4v) is 2.84. The number of carbonyl (C=O) groups is 1. The average Bonchev–Trinajstić information content (AvgIpc) is 2.52. The van der Waals surface area contributed by atoms with Crippen molar-refractivity contribution >= 4 is 28.6 Å². The van der Waals surface area contributed by atoms with Crippen LogP contribution in [-0.4, -0.2) is 22.7 Å². The van der Waals surface area contributed by atoms with Crippen LogP contribution in [-0.2, 0) is 4.79 Å². The number of hydrogen-bond donors (Lipinski definition) is 1. The predicted octanol–water partition coefficient (Wildman–Crippen LogP) is 3.42. The normalized spacial score (nSPS) is 11.9. The van der Waals surface area contributed by atoms with Crippen molar-refractivity contribution in [2.24, 2.45) is 0 Å². The fourth-order valence-electron chi connectivity index (χ4n) is 2.07. The van der Waals surface area contributed by atoms with E-state index in [1.165, 1.54) is 11.8 Å². The van der Waals surface area contributed by atoms with Gasteiger partial charge in [-0.1, -0.05) is 36.9 Å². The molecule has 0 unspecified atom stereocenters. The molecule has 1 atom stereocenters. The van der Waals surface area contributed by atoms with Crippen LogP contribution in [0.2, 0.25) is 0 Å². The Hall–Kier alpha value is -2.06. The van der Waals surface area contributed by atoms with E-state index in [0.29, 0.717) is 10.6 Å². The van der Waals surface area contributed by atoms with Crippen LogP contribution in [0.25, 0.3) is 10.9 Å². The molecule has 114 valence electrons. The van der Waals surface area contributed by atoms with E-state index in [1.807, 2.05) is 45.0 Å². The molecule has 4 nitrogen and oxygen atoms in total. The smallest absolute Gasteiger partial charge is 0.230 e. The minimum Gasteiger partial charge on any atom is -0.353 e. The van der Waals surface area contributed by atoms with E-state index < -0.39 is 0 Å². The number of fused-ring (bicyclic) bond motifs is 1. The first-order valence-corrected chi connectivity index (χ1v) is 8.26. The Bertz CT molecular complexity index is 736. The van der Waals surface area contributed by atoms with Gasteiger partial charge in [-0.3, -0.25) is 4.79 Å². The van der Waals surface area contributed by atoms with Crippen molar-refractivity contribution in [3.05, 3.63) is 35.4 Å². The molecular formula is C17H19N3OS. The number of pyridine rings is 1. The molecular weight excluding hydrogens is 294 g/mol. The number of nitrogens with one attached hydrogen (secondary N) is 1. The van der Waals surface area contributed by atoms with E-state index in [1.54, 1.807) is 0 Å². The van der Waals surface area contributed by atoms with Crippen LogP contribution in [0.3, 0.4) is 0 Å². The summed E-state index contributed by atoms with van der Waals surface area (Å²) in [6.45, 7) is 5.99. The summed E-state index contributed by atoms with van der Waals surface area (Å²) in [5, 5.41) is 13.8. The second-order valence-electron chi connectivity index (χ2n) is 5.27. The number of para-hydroxylation sites is 1. The first kappa shape index (κ1) is 16.3. The van der Waals surface area contributed by atoms with Crippen molar-refractivity contribution in [3.63, 3.8) is 0 Å². The van der Waals surface area contributed by atoms with Gasteiger partial charge >= 0.3 is 0 Å². The number of aromatic nitrogens is 1. The Morgan fingerprint density at radius 3 is 2.95 bits per heavy atom. The molecule has 1 aromatic heterocycles. The predicted molar refractivity (Wildman–Crippen MR) is 89.8 cm³/mol. The molecule has 1 amide bonds. The molecule has 1 aromatic carbocycles. The Morgan fingerprint density at radius 1 is 1.50 bits per heavy atom. The number of nitriles is 1. The summed E-state index contributed by atoms with van der Waals surface area (Å²) in [6, 6.07) is 10.1. The first-order chi connectivity index (χ1) is 10.5. The van der Waals surface area contributed by atoms with Gasteiger partial charge in [-0.15, -0.1) is 0 Å². The van der Waals surface area contributed by atoms with Crippen molar-refractivity contribution in [2.45, 2.75) is 38.3 Å². The SMILES string of the molecule is CC[C@@H](C)NC(=O)CSc1nc2c(C)cccc2cc1C#N.